The van der Waals surface area contributed by atoms with Crippen LogP contribution in [-0.4, -0.2) is 16.1 Å². The van der Waals surface area contributed by atoms with Crippen molar-refractivity contribution in [3.8, 4) is 17.2 Å². The van der Waals surface area contributed by atoms with Crippen LogP contribution < -0.4 is 4.74 Å². The number of hydrogen-bond acceptors (Lipinski definition) is 4. The highest BCUT2D eigenvalue weighted by atomic mass is 35.5. The fourth-order valence-corrected chi connectivity index (χ4v) is 2.44. The Balaban J connectivity index is 2.01. The first-order valence-electron chi connectivity index (χ1n) is 7.21. The second-order valence-electron chi connectivity index (χ2n) is 5.18. The average molecular weight is 344 g/mol. The van der Waals surface area contributed by atoms with Crippen LogP contribution in [0.25, 0.3) is 11.5 Å². The van der Waals surface area contributed by atoms with E-state index in [0.29, 0.717) is 33.5 Å². The third-order valence-corrected chi connectivity index (χ3v) is 3.60. The van der Waals surface area contributed by atoms with Gasteiger partial charge in [0.1, 0.15) is 12.0 Å². The number of carboxylic acids is 1. The minimum absolute atomic E-state index is 0.321. The Bertz CT molecular complexity index is 860. The number of benzene rings is 2. The average Bonchev–Trinajstić information content (AvgIpc) is 3.00. The molecule has 1 unspecified atom stereocenters. The number of hydrogen-bond donors (Lipinski definition) is 1. The number of rotatable bonds is 5. The van der Waals surface area contributed by atoms with Crippen LogP contribution in [0.4, 0.5) is 0 Å². The van der Waals surface area contributed by atoms with E-state index >= 15 is 0 Å². The van der Waals surface area contributed by atoms with Crippen LogP contribution in [0.5, 0.6) is 5.75 Å². The quantitative estimate of drug-likeness (QED) is 0.738. The molecule has 1 heterocycles. The van der Waals surface area contributed by atoms with Gasteiger partial charge in [0.15, 0.2) is 0 Å². The number of aryl methyl sites for hydroxylation is 1. The lowest BCUT2D eigenvalue weighted by Crippen LogP contribution is -2.18. The van der Waals surface area contributed by atoms with E-state index in [-0.39, 0.29) is 0 Å². The Kier molecular flexibility index (Phi) is 4.53. The molecule has 24 heavy (non-hydrogen) atoms. The highest BCUT2D eigenvalue weighted by molar-refractivity contribution is 6.30. The topological polar surface area (TPSA) is 72.6 Å². The molecular weight excluding hydrogens is 330 g/mol. The summed E-state index contributed by atoms with van der Waals surface area (Å²) in [4.78, 5) is 15.9. The van der Waals surface area contributed by atoms with Gasteiger partial charge in [0.25, 0.3) is 0 Å². The van der Waals surface area contributed by atoms with Gasteiger partial charge in [-0.25, -0.2) is 9.78 Å². The second-order valence-corrected chi connectivity index (χ2v) is 5.62. The molecule has 5 nitrogen and oxygen atoms in total. The summed E-state index contributed by atoms with van der Waals surface area (Å²) in [5, 5.41) is 9.99. The van der Waals surface area contributed by atoms with Crippen molar-refractivity contribution in [3.63, 3.8) is 0 Å². The fraction of sp³-hybridized carbons (Fsp3) is 0.111. The molecule has 1 atom stereocenters. The smallest absolute Gasteiger partial charge is 0.349 e. The minimum Gasteiger partial charge on any atom is -0.478 e. The number of carboxylic acid groups (broad SMARTS) is 1. The molecule has 122 valence electrons. The second kappa shape index (κ2) is 6.76. The number of nitrogens with zero attached hydrogens (tertiary/aromatic N) is 1. The van der Waals surface area contributed by atoms with E-state index in [0.717, 1.165) is 0 Å². The van der Waals surface area contributed by atoms with Gasteiger partial charge in [-0.3, -0.25) is 0 Å². The Morgan fingerprint density at radius 3 is 2.62 bits per heavy atom. The van der Waals surface area contributed by atoms with E-state index in [1.165, 1.54) is 6.26 Å². The zero-order chi connectivity index (χ0) is 17.1. The molecule has 2 aromatic carbocycles. The zero-order valence-electron chi connectivity index (χ0n) is 12.8. The molecule has 0 aliphatic carbocycles. The summed E-state index contributed by atoms with van der Waals surface area (Å²) in [6.07, 6.45) is 0.355. The summed E-state index contributed by atoms with van der Waals surface area (Å²) in [6, 6.07) is 13.6. The SMILES string of the molecule is Cc1coc(-c2cc(Cl)ccc2OC(C(=O)O)c2ccccc2)n1. The monoisotopic (exact) mass is 343 g/mol. The number of aromatic nitrogens is 1. The summed E-state index contributed by atoms with van der Waals surface area (Å²) in [6.45, 7) is 1.79. The molecule has 0 aliphatic rings. The minimum atomic E-state index is -1.15. The molecule has 0 amide bonds. The molecule has 0 spiro atoms. The standard InChI is InChI=1S/C18H14ClNO4/c1-11-10-23-17(20-11)14-9-13(19)7-8-15(14)24-16(18(21)22)12-5-3-2-4-6-12/h2-10,16H,1H3,(H,21,22). The van der Waals surface area contributed by atoms with Crippen molar-refractivity contribution in [2.45, 2.75) is 13.0 Å². The molecule has 0 radical (unpaired) electrons. The molecule has 0 saturated heterocycles. The first kappa shape index (κ1) is 16.1. The predicted octanol–water partition coefficient (Wildman–Crippen LogP) is 4.51. The normalized spacial score (nSPS) is 11.9. The molecule has 0 saturated carbocycles. The molecule has 1 aromatic heterocycles. The Morgan fingerprint density at radius 2 is 2.00 bits per heavy atom. The van der Waals surface area contributed by atoms with Crippen LogP contribution in [0.2, 0.25) is 5.02 Å². The molecule has 3 rings (SSSR count). The van der Waals surface area contributed by atoms with Gasteiger partial charge in [-0.15, -0.1) is 0 Å². The van der Waals surface area contributed by atoms with E-state index in [1.807, 2.05) is 6.07 Å². The van der Waals surface area contributed by atoms with Crippen LogP contribution in [0.15, 0.2) is 59.2 Å². The lowest BCUT2D eigenvalue weighted by molar-refractivity contribution is -0.145. The summed E-state index contributed by atoms with van der Waals surface area (Å²) in [5.41, 5.74) is 1.74. The summed E-state index contributed by atoms with van der Waals surface area (Å²) in [5.74, 6) is -0.439. The maximum atomic E-state index is 11.6. The number of halogens is 1. The number of ether oxygens (including phenoxy) is 1. The van der Waals surface area contributed by atoms with Crippen molar-refractivity contribution in [1.29, 1.82) is 0 Å². The Morgan fingerprint density at radius 1 is 1.25 bits per heavy atom. The van der Waals surface area contributed by atoms with Crippen LogP contribution >= 0.6 is 11.6 Å². The molecule has 6 heteroatoms. The number of oxazole rings is 1. The van der Waals surface area contributed by atoms with Gasteiger partial charge < -0.3 is 14.3 Å². The maximum Gasteiger partial charge on any atom is 0.349 e. The molecule has 0 bridgehead atoms. The molecule has 0 fully saturated rings. The van der Waals surface area contributed by atoms with Gasteiger partial charge in [0.2, 0.25) is 12.0 Å². The van der Waals surface area contributed by atoms with E-state index in [9.17, 15) is 9.90 Å². The van der Waals surface area contributed by atoms with E-state index in [1.54, 1.807) is 49.4 Å². The third kappa shape index (κ3) is 3.41. The van der Waals surface area contributed by atoms with Gasteiger partial charge in [-0.1, -0.05) is 41.9 Å². The van der Waals surface area contributed by atoms with Crippen LogP contribution in [-0.2, 0) is 4.79 Å². The van der Waals surface area contributed by atoms with Crippen molar-refractivity contribution < 1.29 is 19.1 Å². The summed E-state index contributed by atoms with van der Waals surface area (Å²) >= 11 is 6.05. The lowest BCUT2D eigenvalue weighted by atomic mass is 10.1. The van der Waals surface area contributed by atoms with Crippen molar-refractivity contribution in [3.05, 3.63) is 71.1 Å². The first-order valence-corrected chi connectivity index (χ1v) is 7.59. The Hall–Kier alpha value is -2.79. The van der Waals surface area contributed by atoms with E-state index in [4.69, 9.17) is 20.8 Å². The molecular formula is C18H14ClNO4. The molecule has 1 N–H and O–H groups in total. The van der Waals surface area contributed by atoms with Crippen molar-refractivity contribution in [2.75, 3.05) is 0 Å². The molecule has 3 aromatic rings. The number of aliphatic carboxylic acids is 1. The van der Waals surface area contributed by atoms with Crippen LogP contribution in [0.1, 0.15) is 17.4 Å². The van der Waals surface area contributed by atoms with E-state index in [2.05, 4.69) is 4.98 Å². The van der Waals surface area contributed by atoms with Gasteiger partial charge in [-0.05, 0) is 25.1 Å². The Labute approximate surface area is 143 Å². The lowest BCUT2D eigenvalue weighted by Gasteiger charge is -2.17. The number of carbonyl (C=O) groups is 1. The van der Waals surface area contributed by atoms with Gasteiger partial charge in [0, 0.05) is 10.6 Å². The predicted molar refractivity (Wildman–Crippen MR) is 89.1 cm³/mol. The third-order valence-electron chi connectivity index (χ3n) is 3.36. The van der Waals surface area contributed by atoms with Gasteiger partial charge in [-0.2, -0.15) is 0 Å². The largest absolute Gasteiger partial charge is 0.478 e. The highest BCUT2D eigenvalue weighted by Gasteiger charge is 2.24. The van der Waals surface area contributed by atoms with Crippen molar-refractivity contribution in [2.24, 2.45) is 0 Å². The maximum absolute atomic E-state index is 11.6. The summed E-state index contributed by atoms with van der Waals surface area (Å²) in [7, 11) is 0. The zero-order valence-corrected chi connectivity index (χ0v) is 13.5. The van der Waals surface area contributed by atoms with Gasteiger partial charge >= 0.3 is 5.97 Å². The molecule has 0 aliphatic heterocycles. The van der Waals surface area contributed by atoms with Crippen LogP contribution in [0.3, 0.4) is 0 Å². The van der Waals surface area contributed by atoms with Crippen molar-refractivity contribution in [1.82, 2.24) is 4.98 Å². The van der Waals surface area contributed by atoms with Crippen LogP contribution in [0, 0.1) is 6.92 Å². The van der Waals surface area contributed by atoms with Crippen molar-refractivity contribution >= 4 is 17.6 Å². The highest BCUT2D eigenvalue weighted by Crippen LogP contribution is 2.35. The first-order chi connectivity index (χ1) is 11.5. The fourth-order valence-electron chi connectivity index (χ4n) is 2.27. The van der Waals surface area contributed by atoms with E-state index < -0.39 is 12.1 Å². The van der Waals surface area contributed by atoms with Gasteiger partial charge in [0.05, 0.1) is 11.3 Å². The summed E-state index contributed by atoms with van der Waals surface area (Å²) < 4.78 is 11.2.